The fourth-order valence-corrected chi connectivity index (χ4v) is 3.36. The number of nitrogens with one attached hydrogen (secondary N) is 1. The van der Waals surface area contributed by atoms with E-state index in [1.54, 1.807) is 6.07 Å². The van der Waals surface area contributed by atoms with Gasteiger partial charge < -0.3 is 10.2 Å². The number of hydrogen-bond acceptors (Lipinski definition) is 5. The van der Waals surface area contributed by atoms with Crippen molar-refractivity contribution >= 4 is 22.3 Å². The third-order valence-corrected chi connectivity index (χ3v) is 5.18. The number of hydroxylamine groups is 2. The molecular weight excluding hydrogens is 393 g/mol. The van der Waals surface area contributed by atoms with E-state index in [0.717, 1.165) is 49.6 Å². The van der Waals surface area contributed by atoms with Crippen LogP contribution in [0.4, 0.5) is 24.5 Å². The van der Waals surface area contributed by atoms with Gasteiger partial charge in [-0.2, -0.15) is 18.2 Å². The number of aromatic nitrogens is 1. The standard InChI is InChI=1S/C22H23F3N4O/c1-28-10-12-29(13-11-28)30-15-16-2-5-18(6-3-16)27-20-8-9-26-21-14-17(22(23,24)25)4-7-19(20)21/h2-9,14H,10-13,15H2,1H3,(H,26,27). The van der Waals surface area contributed by atoms with Crippen LogP contribution in [0.15, 0.2) is 54.7 Å². The number of anilines is 2. The molecule has 1 fully saturated rings. The zero-order valence-electron chi connectivity index (χ0n) is 16.6. The summed E-state index contributed by atoms with van der Waals surface area (Å²) < 4.78 is 38.8. The van der Waals surface area contributed by atoms with Crippen molar-refractivity contribution in [3.05, 3.63) is 65.9 Å². The summed E-state index contributed by atoms with van der Waals surface area (Å²) in [7, 11) is 2.10. The first-order valence-corrected chi connectivity index (χ1v) is 9.77. The van der Waals surface area contributed by atoms with Gasteiger partial charge in [0.2, 0.25) is 0 Å². The van der Waals surface area contributed by atoms with Crippen LogP contribution in [0.3, 0.4) is 0 Å². The first kappa shape index (κ1) is 20.6. The van der Waals surface area contributed by atoms with Crippen LogP contribution in [0, 0.1) is 0 Å². The molecule has 1 saturated heterocycles. The molecule has 0 saturated carbocycles. The quantitative estimate of drug-likeness (QED) is 0.654. The Bertz CT molecular complexity index is 999. The molecule has 1 aliphatic rings. The van der Waals surface area contributed by atoms with Crippen molar-refractivity contribution < 1.29 is 18.0 Å². The first-order valence-electron chi connectivity index (χ1n) is 9.77. The molecule has 8 heteroatoms. The number of piperazine rings is 1. The van der Waals surface area contributed by atoms with Crippen molar-refractivity contribution in [1.82, 2.24) is 14.9 Å². The number of fused-ring (bicyclic) bond motifs is 1. The van der Waals surface area contributed by atoms with Crippen molar-refractivity contribution in [2.45, 2.75) is 12.8 Å². The Kier molecular flexibility index (Phi) is 5.90. The van der Waals surface area contributed by atoms with Gasteiger partial charge in [0.05, 0.1) is 17.7 Å². The lowest BCUT2D eigenvalue weighted by atomic mass is 10.1. The van der Waals surface area contributed by atoms with Crippen LogP contribution in [-0.4, -0.2) is 48.2 Å². The van der Waals surface area contributed by atoms with Gasteiger partial charge in [0, 0.05) is 49.1 Å². The molecule has 2 heterocycles. The van der Waals surface area contributed by atoms with E-state index in [-0.39, 0.29) is 0 Å². The van der Waals surface area contributed by atoms with E-state index >= 15 is 0 Å². The number of halogens is 3. The van der Waals surface area contributed by atoms with E-state index in [4.69, 9.17) is 4.84 Å². The van der Waals surface area contributed by atoms with Crippen LogP contribution in [-0.2, 0) is 17.6 Å². The highest BCUT2D eigenvalue weighted by molar-refractivity contribution is 5.93. The van der Waals surface area contributed by atoms with Crippen LogP contribution in [0.5, 0.6) is 0 Å². The van der Waals surface area contributed by atoms with Gasteiger partial charge in [-0.15, -0.1) is 0 Å². The highest BCUT2D eigenvalue weighted by Crippen LogP contribution is 2.33. The fraction of sp³-hybridized carbons (Fsp3) is 0.318. The Labute approximate surface area is 173 Å². The Hall–Kier alpha value is -2.68. The molecule has 0 radical (unpaired) electrons. The molecule has 30 heavy (non-hydrogen) atoms. The normalized spacial score (nSPS) is 16.1. The number of hydrogen-bond donors (Lipinski definition) is 1. The summed E-state index contributed by atoms with van der Waals surface area (Å²) in [6.45, 7) is 4.27. The van der Waals surface area contributed by atoms with Crippen LogP contribution in [0.1, 0.15) is 11.1 Å². The first-order chi connectivity index (χ1) is 14.4. The lowest BCUT2D eigenvalue weighted by Gasteiger charge is -2.31. The van der Waals surface area contributed by atoms with Crippen molar-refractivity contribution in [3.8, 4) is 0 Å². The van der Waals surface area contributed by atoms with E-state index in [1.807, 2.05) is 29.3 Å². The Morgan fingerprint density at radius 2 is 1.73 bits per heavy atom. The number of alkyl halides is 3. The second-order valence-electron chi connectivity index (χ2n) is 7.42. The second-order valence-corrected chi connectivity index (χ2v) is 7.42. The van der Waals surface area contributed by atoms with Crippen molar-refractivity contribution in [2.24, 2.45) is 0 Å². The minimum Gasteiger partial charge on any atom is -0.355 e. The van der Waals surface area contributed by atoms with E-state index in [2.05, 4.69) is 22.2 Å². The van der Waals surface area contributed by atoms with E-state index < -0.39 is 11.7 Å². The molecule has 0 amide bonds. The smallest absolute Gasteiger partial charge is 0.355 e. The maximum absolute atomic E-state index is 12.9. The molecule has 1 N–H and O–H groups in total. The summed E-state index contributed by atoms with van der Waals surface area (Å²) in [5.41, 5.74) is 2.19. The molecule has 3 aromatic rings. The number of rotatable bonds is 5. The van der Waals surface area contributed by atoms with E-state index in [0.29, 0.717) is 23.2 Å². The SMILES string of the molecule is CN1CCN(OCc2ccc(Nc3ccnc4cc(C(F)(F)F)ccc34)cc2)CC1. The predicted octanol–water partition coefficient (Wildman–Crippen LogP) is 4.68. The molecular formula is C22H23F3N4O. The molecule has 1 aliphatic heterocycles. The second kappa shape index (κ2) is 8.59. The lowest BCUT2D eigenvalue weighted by molar-refractivity contribution is -0.184. The van der Waals surface area contributed by atoms with Crippen molar-refractivity contribution in [3.63, 3.8) is 0 Å². The summed E-state index contributed by atoms with van der Waals surface area (Å²) in [6.07, 6.45) is -2.88. The topological polar surface area (TPSA) is 40.6 Å². The minimum absolute atomic E-state index is 0.298. The highest BCUT2D eigenvalue weighted by Gasteiger charge is 2.30. The van der Waals surface area contributed by atoms with Crippen molar-refractivity contribution in [2.75, 3.05) is 38.5 Å². The maximum atomic E-state index is 12.9. The summed E-state index contributed by atoms with van der Waals surface area (Å²) in [6, 6.07) is 13.2. The molecule has 4 rings (SSSR count). The van der Waals surface area contributed by atoms with Crippen LogP contribution in [0.25, 0.3) is 10.9 Å². The Morgan fingerprint density at radius 3 is 2.43 bits per heavy atom. The lowest BCUT2D eigenvalue weighted by Crippen LogP contribution is -2.44. The van der Waals surface area contributed by atoms with E-state index in [1.165, 1.54) is 12.3 Å². The minimum atomic E-state index is -4.39. The van der Waals surface area contributed by atoms with Crippen LogP contribution >= 0.6 is 0 Å². The van der Waals surface area contributed by atoms with Crippen molar-refractivity contribution in [1.29, 1.82) is 0 Å². The van der Waals surface area contributed by atoms with E-state index in [9.17, 15) is 13.2 Å². The number of nitrogens with zero attached hydrogens (tertiary/aromatic N) is 3. The van der Waals surface area contributed by atoms with Gasteiger partial charge in [0.1, 0.15) is 0 Å². The maximum Gasteiger partial charge on any atom is 0.416 e. The molecule has 5 nitrogen and oxygen atoms in total. The third-order valence-electron chi connectivity index (χ3n) is 5.18. The summed E-state index contributed by atoms with van der Waals surface area (Å²) >= 11 is 0. The molecule has 1 aromatic heterocycles. The highest BCUT2D eigenvalue weighted by atomic mass is 19.4. The third kappa shape index (κ3) is 4.89. The van der Waals surface area contributed by atoms with Gasteiger partial charge in [-0.1, -0.05) is 18.2 Å². The van der Waals surface area contributed by atoms with Crippen LogP contribution < -0.4 is 5.32 Å². The predicted molar refractivity (Wildman–Crippen MR) is 110 cm³/mol. The van der Waals surface area contributed by atoms with Gasteiger partial charge in [-0.05, 0) is 42.9 Å². The number of benzene rings is 2. The average molecular weight is 416 g/mol. The molecule has 0 spiro atoms. The van der Waals surface area contributed by atoms with Gasteiger partial charge in [-0.25, -0.2) is 0 Å². The monoisotopic (exact) mass is 416 g/mol. The summed E-state index contributed by atoms with van der Waals surface area (Å²) in [5.74, 6) is 0. The Balaban J connectivity index is 1.42. The Morgan fingerprint density at radius 1 is 1.00 bits per heavy atom. The number of pyridine rings is 1. The van der Waals surface area contributed by atoms with Gasteiger partial charge in [-0.3, -0.25) is 9.82 Å². The number of likely N-dealkylation sites (N-methyl/N-ethyl adjacent to an activating group) is 1. The largest absolute Gasteiger partial charge is 0.416 e. The fourth-order valence-electron chi connectivity index (χ4n) is 3.36. The van der Waals surface area contributed by atoms with Crippen LogP contribution in [0.2, 0.25) is 0 Å². The van der Waals surface area contributed by atoms with Gasteiger partial charge in [0.25, 0.3) is 0 Å². The molecule has 0 atom stereocenters. The molecule has 0 aliphatic carbocycles. The van der Waals surface area contributed by atoms with Gasteiger partial charge in [0.15, 0.2) is 0 Å². The average Bonchev–Trinajstić information content (AvgIpc) is 2.73. The molecule has 158 valence electrons. The molecule has 2 aromatic carbocycles. The summed E-state index contributed by atoms with van der Waals surface area (Å²) in [4.78, 5) is 12.2. The summed E-state index contributed by atoms with van der Waals surface area (Å²) in [5, 5.41) is 5.89. The zero-order chi connectivity index (χ0) is 21.1. The molecule has 0 bridgehead atoms. The molecule has 0 unspecified atom stereocenters. The van der Waals surface area contributed by atoms with Gasteiger partial charge >= 0.3 is 6.18 Å². The zero-order valence-corrected chi connectivity index (χ0v) is 16.6.